The highest BCUT2D eigenvalue weighted by molar-refractivity contribution is 5.90. The molecule has 2 aromatic rings. The smallest absolute Gasteiger partial charge is 0.338 e. The number of non-ortho nitro benzene ring substituents is 1. The number of ether oxygens (including phenoxy) is 1. The van der Waals surface area contributed by atoms with E-state index in [0.717, 1.165) is 23.0 Å². The normalized spacial score (nSPS) is 21.4. The molecule has 128 valence electrons. The number of benzene rings is 2. The predicted octanol–water partition coefficient (Wildman–Crippen LogP) is 3.56. The second kappa shape index (κ2) is 6.12. The van der Waals surface area contributed by atoms with E-state index >= 15 is 0 Å². The van der Waals surface area contributed by atoms with E-state index in [2.05, 4.69) is 0 Å². The van der Waals surface area contributed by atoms with Gasteiger partial charge in [0.2, 0.25) is 0 Å². The number of carbonyl (C=O) groups is 2. The molecule has 1 aliphatic rings. The fourth-order valence-corrected chi connectivity index (χ4v) is 3.17. The highest BCUT2D eigenvalue weighted by Crippen LogP contribution is 2.47. The van der Waals surface area contributed by atoms with Crippen molar-refractivity contribution < 1.29 is 19.2 Å². The van der Waals surface area contributed by atoms with Gasteiger partial charge < -0.3 is 9.53 Å². The number of esters is 1. The third-order valence-corrected chi connectivity index (χ3v) is 4.56. The quantitative estimate of drug-likeness (QED) is 0.368. The van der Waals surface area contributed by atoms with Gasteiger partial charge in [-0.25, -0.2) is 4.79 Å². The van der Waals surface area contributed by atoms with Crippen molar-refractivity contribution in [2.24, 2.45) is 5.41 Å². The highest BCUT2D eigenvalue weighted by atomic mass is 16.6. The summed E-state index contributed by atoms with van der Waals surface area (Å²) in [6, 6.07) is 11.1. The van der Waals surface area contributed by atoms with Gasteiger partial charge in [-0.3, -0.25) is 10.1 Å². The number of aldehydes is 1. The van der Waals surface area contributed by atoms with Crippen LogP contribution < -0.4 is 0 Å². The first-order chi connectivity index (χ1) is 11.8. The molecule has 2 aromatic carbocycles. The van der Waals surface area contributed by atoms with Crippen LogP contribution in [-0.4, -0.2) is 17.2 Å². The molecule has 6 heteroatoms. The Morgan fingerprint density at radius 2 is 1.96 bits per heavy atom. The molecule has 0 fully saturated rings. The maximum Gasteiger partial charge on any atom is 0.338 e. The first-order valence-electron chi connectivity index (χ1n) is 7.85. The Morgan fingerprint density at radius 1 is 1.28 bits per heavy atom. The summed E-state index contributed by atoms with van der Waals surface area (Å²) >= 11 is 0. The molecule has 6 nitrogen and oxygen atoms in total. The molecule has 0 saturated carbocycles. The topological polar surface area (TPSA) is 86.5 Å². The SMILES string of the molecule is Cc1ccc2c(c1)[C@H](OC(=O)c1ccc([N+](=O)[O-])cc1)[C@@](C)(C=O)C2. The van der Waals surface area contributed by atoms with Crippen molar-refractivity contribution in [2.75, 3.05) is 0 Å². The lowest BCUT2D eigenvalue weighted by atomic mass is 9.86. The van der Waals surface area contributed by atoms with Crippen LogP contribution in [0, 0.1) is 22.5 Å². The molecule has 0 heterocycles. The number of nitro groups is 1. The average Bonchev–Trinajstić information content (AvgIpc) is 2.87. The maximum absolute atomic E-state index is 12.5. The van der Waals surface area contributed by atoms with E-state index in [1.54, 1.807) is 6.92 Å². The standard InChI is InChI=1S/C19H17NO5/c1-12-3-4-14-10-19(2,11-21)17(16(14)9-12)25-18(22)13-5-7-15(8-6-13)20(23)24/h3-9,11,17H,10H2,1-2H3/t17-,19+/m0/s1. The second-order valence-corrected chi connectivity index (χ2v) is 6.59. The zero-order valence-electron chi connectivity index (χ0n) is 13.9. The minimum atomic E-state index is -0.827. The van der Waals surface area contributed by atoms with Crippen LogP contribution in [0.2, 0.25) is 0 Å². The van der Waals surface area contributed by atoms with Gasteiger partial charge in [-0.2, -0.15) is 0 Å². The number of rotatable bonds is 4. The van der Waals surface area contributed by atoms with Crippen LogP contribution in [0.1, 0.15) is 40.1 Å². The molecule has 0 aromatic heterocycles. The van der Waals surface area contributed by atoms with Crippen molar-refractivity contribution in [3.63, 3.8) is 0 Å². The van der Waals surface area contributed by atoms with Gasteiger partial charge in [0.25, 0.3) is 5.69 Å². The Morgan fingerprint density at radius 3 is 2.56 bits per heavy atom. The van der Waals surface area contributed by atoms with E-state index in [1.807, 2.05) is 25.1 Å². The molecule has 0 spiro atoms. The molecule has 0 unspecified atom stereocenters. The number of fused-ring (bicyclic) bond motifs is 1. The molecule has 1 aliphatic carbocycles. The van der Waals surface area contributed by atoms with Crippen molar-refractivity contribution in [2.45, 2.75) is 26.4 Å². The molecule has 0 radical (unpaired) electrons. The summed E-state index contributed by atoms with van der Waals surface area (Å²) < 4.78 is 5.65. The Hall–Kier alpha value is -3.02. The van der Waals surface area contributed by atoms with E-state index in [1.165, 1.54) is 24.3 Å². The molecule has 2 atom stereocenters. The summed E-state index contributed by atoms with van der Waals surface area (Å²) in [5, 5.41) is 10.7. The van der Waals surface area contributed by atoms with Crippen LogP contribution in [0.5, 0.6) is 0 Å². The number of carbonyl (C=O) groups excluding carboxylic acids is 2. The zero-order chi connectivity index (χ0) is 18.2. The lowest BCUT2D eigenvalue weighted by molar-refractivity contribution is -0.384. The number of nitrogens with zero attached hydrogens (tertiary/aromatic N) is 1. The molecule has 0 amide bonds. The van der Waals surface area contributed by atoms with E-state index in [-0.39, 0.29) is 11.3 Å². The lowest BCUT2D eigenvalue weighted by Crippen LogP contribution is -2.28. The fraction of sp³-hybridized carbons (Fsp3) is 0.263. The van der Waals surface area contributed by atoms with Crippen LogP contribution in [0.3, 0.4) is 0 Å². The van der Waals surface area contributed by atoms with Gasteiger partial charge in [0.15, 0.2) is 0 Å². The Kier molecular flexibility index (Phi) is 4.12. The summed E-state index contributed by atoms with van der Waals surface area (Å²) in [4.78, 5) is 34.3. The molecular weight excluding hydrogens is 322 g/mol. The van der Waals surface area contributed by atoms with E-state index in [9.17, 15) is 19.7 Å². The van der Waals surface area contributed by atoms with Gasteiger partial charge in [0.05, 0.1) is 15.9 Å². The minimum absolute atomic E-state index is 0.101. The Labute approximate surface area is 144 Å². The summed E-state index contributed by atoms with van der Waals surface area (Å²) in [6.45, 7) is 3.70. The zero-order valence-corrected chi connectivity index (χ0v) is 13.9. The van der Waals surface area contributed by atoms with Crippen LogP contribution in [0.25, 0.3) is 0 Å². The van der Waals surface area contributed by atoms with Crippen LogP contribution in [-0.2, 0) is 16.0 Å². The summed E-state index contributed by atoms with van der Waals surface area (Å²) in [6.07, 6.45) is 0.656. The predicted molar refractivity (Wildman–Crippen MR) is 90.3 cm³/mol. The molecule has 25 heavy (non-hydrogen) atoms. The Balaban J connectivity index is 1.90. The third-order valence-electron chi connectivity index (χ3n) is 4.56. The second-order valence-electron chi connectivity index (χ2n) is 6.59. The molecule has 3 rings (SSSR count). The fourth-order valence-electron chi connectivity index (χ4n) is 3.17. The van der Waals surface area contributed by atoms with Gasteiger partial charge >= 0.3 is 5.97 Å². The largest absolute Gasteiger partial charge is 0.453 e. The molecule has 0 bridgehead atoms. The maximum atomic E-state index is 12.5. The number of nitro benzene ring substituents is 1. The van der Waals surface area contributed by atoms with Crippen molar-refractivity contribution in [3.05, 3.63) is 74.8 Å². The van der Waals surface area contributed by atoms with E-state index in [0.29, 0.717) is 6.42 Å². The average molecular weight is 339 g/mol. The first kappa shape index (κ1) is 16.8. The lowest BCUT2D eigenvalue weighted by Gasteiger charge is -2.26. The highest BCUT2D eigenvalue weighted by Gasteiger charge is 2.45. The number of aryl methyl sites for hydroxylation is 1. The third kappa shape index (κ3) is 3.03. The molecule has 0 aliphatic heterocycles. The van der Waals surface area contributed by atoms with Gasteiger partial charge in [-0.1, -0.05) is 23.8 Å². The Bertz CT molecular complexity index is 859. The molecule has 0 N–H and O–H groups in total. The van der Waals surface area contributed by atoms with Crippen LogP contribution >= 0.6 is 0 Å². The van der Waals surface area contributed by atoms with Crippen molar-refractivity contribution in [1.82, 2.24) is 0 Å². The van der Waals surface area contributed by atoms with Crippen molar-refractivity contribution in [1.29, 1.82) is 0 Å². The monoisotopic (exact) mass is 339 g/mol. The molecule has 0 saturated heterocycles. The first-order valence-corrected chi connectivity index (χ1v) is 7.85. The van der Waals surface area contributed by atoms with Crippen molar-refractivity contribution in [3.8, 4) is 0 Å². The van der Waals surface area contributed by atoms with Crippen LogP contribution in [0.15, 0.2) is 42.5 Å². The van der Waals surface area contributed by atoms with Gasteiger partial charge in [-0.05, 0) is 43.5 Å². The van der Waals surface area contributed by atoms with Crippen LogP contribution in [0.4, 0.5) is 5.69 Å². The molecular formula is C19H17NO5. The van der Waals surface area contributed by atoms with E-state index < -0.39 is 22.4 Å². The van der Waals surface area contributed by atoms with E-state index in [4.69, 9.17) is 4.74 Å². The number of hydrogen-bond donors (Lipinski definition) is 0. The van der Waals surface area contributed by atoms with Gasteiger partial charge in [0.1, 0.15) is 12.4 Å². The summed E-state index contributed by atoms with van der Waals surface area (Å²) in [5.74, 6) is -0.609. The number of hydrogen-bond acceptors (Lipinski definition) is 5. The van der Waals surface area contributed by atoms with Gasteiger partial charge in [0, 0.05) is 12.1 Å². The minimum Gasteiger partial charge on any atom is -0.453 e. The summed E-state index contributed by atoms with van der Waals surface area (Å²) in [7, 11) is 0. The van der Waals surface area contributed by atoms with Crippen molar-refractivity contribution >= 4 is 17.9 Å². The van der Waals surface area contributed by atoms with Gasteiger partial charge in [-0.15, -0.1) is 0 Å². The summed E-state index contributed by atoms with van der Waals surface area (Å²) in [5.41, 5.74) is 2.12.